The molecule has 0 spiro atoms. The summed E-state index contributed by atoms with van der Waals surface area (Å²) in [6.07, 6.45) is 2.72. The maximum absolute atomic E-state index is 12.7. The molecule has 130 valence electrons. The van der Waals surface area contributed by atoms with Gasteiger partial charge in [-0.25, -0.2) is 8.42 Å². The molecule has 0 aromatic heterocycles. The lowest BCUT2D eigenvalue weighted by Crippen LogP contribution is -2.42. The van der Waals surface area contributed by atoms with Crippen LogP contribution in [0.5, 0.6) is 0 Å². The third-order valence-electron chi connectivity index (χ3n) is 4.96. The Labute approximate surface area is 136 Å². The highest BCUT2D eigenvalue weighted by Gasteiger charge is 2.44. The molecule has 2 saturated heterocycles. The van der Waals surface area contributed by atoms with Gasteiger partial charge in [0.2, 0.25) is 11.8 Å². The van der Waals surface area contributed by atoms with Gasteiger partial charge in [0.15, 0.2) is 9.84 Å². The van der Waals surface area contributed by atoms with E-state index in [1.165, 1.54) is 0 Å². The molecule has 8 heteroatoms. The van der Waals surface area contributed by atoms with E-state index < -0.39 is 9.84 Å². The van der Waals surface area contributed by atoms with Gasteiger partial charge in [-0.15, -0.1) is 0 Å². The SMILES string of the molecule is COCCN(C(=O)[C@@H]1CC(=O)N([C@@H]2CCS(=O)(=O)C2)C1)C1CC1. The smallest absolute Gasteiger partial charge is 0.228 e. The van der Waals surface area contributed by atoms with E-state index in [2.05, 4.69) is 0 Å². The average molecular weight is 344 g/mol. The molecule has 23 heavy (non-hydrogen) atoms. The first kappa shape index (κ1) is 16.7. The summed E-state index contributed by atoms with van der Waals surface area (Å²) in [6.45, 7) is 1.41. The van der Waals surface area contributed by atoms with E-state index in [-0.39, 0.29) is 47.7 Å². The lowest BCUT2D eigenvalue weighted by Gasteiger charge is -2.26. The molecule has 0 radical (unpaired) electrons. The third kappa shape index (κ3) is 3.68. The first-order valence-corrected chi connectivity index (χ1v) is 10.0. The summed E-state index contributed by atoms with van der Waals surface area (Å²) in [6, 6.07) is 0.0345. The first-order chi connectivity index (χ1) is 10.9. The standard InChI is InChI=1S/C15H24N2O5S/c1-22-6-5-16(12-2-3-12)15(19)11-8-14(18)17(9-11)13-4-7-23(20,21)10-13/h11-13H,2-10H2,1H3/t11-,13-/m1/s1. The molecule has 1 aliphatic carbocycles. The van der Waals surface area contributed by atoms with Gasteiger partial charge < -0.3 is 14.5 Å². The Kier molecular flexibility index (Phi) is 4.64. The topological polar surface area (TPSA) is 84.0 Å². The van der Waals surface area contributed by atoms with E-state index in [9.17, 15) is 18.0 Å². The average Bonchev–Trinajstić information content (AvgIpc) is 3.16. The molecule has 0 aromatic rings. The highest BCUT2D eigenvalue weighted by Crippen LogP contribution is 2.32. The zero-order chi connectivity index (χ0) is 16.6. The van der Waals surface area contributed by atoms with Crippen molar-refractivity contribution in [2.75, 3.05) is 38.3 Å². The van der Waals surface area contributed by atoms with Crippen molar-refractivity contribution in [2.45, 2.75) is 37.8 Å². The molecule has 0 unspecified atom stereocenters. The number of nitrogens with zero attached hydrogens (tertiary/aromatic N) is 2. The van der Waals surface area contributed by atoms with E-state index in [4.69, 9.17) is 4.74 Å². The Morgan fingerprint density at radius 1 is 1.35 bits per heavy atom. The summed E-state index contributed by atoms with van der Waals surface area (Å²) in [5.41, 5.74) is 0. The second kappa shape index (κ2) is 6.39. The fourth-order valence-corrected chi connectivity index (χ4v) is 5.28. The van der Waals surface area contributed by atoms with E-state index in [0.29, 0.717) is 26.1 Å². The van der Waals surface area contributed by atoms with E-state index in [1.54, 1.807) is 12.0 Å². The first-order valence-electron chi connectivity index (χ1n) is 8.20. The molecule has 0 bridgehead atoms. The van der Waals surface area contributed by atoms with Crippen molar-refractivity contribution in [3.05, 3.63) is 0 Å². The molecule has 0 N–H and O–H groups in total. The Morgan fingerprint density at radius 3 is 2.65 bits per heavy atom. The number of ether oxygens (including phenoxy) is 1. The van der Waals surface area contributed by atoms with Crippen molar-refractivity contribution in [1.82, 2.24) is 9.80 Å². The van der Waals surface area contributed by atoms with Crippen LogP contribution in [0.15, 0.2) is 0 Å². The summed E-state index contributed by atoms with van der Waals surface area (Å²) in [7, 11) is -1.42. The largest absolute Gasteiger partial charge is 0.383 e. The zero-order valence-corrected chi connectivity index (χ0v) is 14.3. The Morgan fingerprint density at radius 2 is 2.09 bits per heavy atom. The minimum Gasteiger partial charge on any atom is -0.383 e. The van der Waals surface area contributed by atoms with E-state index in [1.807, 2.05) is 4.90 Å². The molecular formula is C15H24N2O5S. The summed E-state index contributed by atoms with van der Waals surface area (Å²) in [4.78, 5) is 28.4. The molecule has 3 aliphatic rings. The molecule has 2 aliphatic heterocycles. The molecule has 2 amide bonds. The Bertz CT molecular complexity index is 587. The van der Waals surface area contributed by atoms with E-state index >= 15 is 0 Å². The van der Waals surface area contributed by atoms with Crippen molar-refractivity contribution >= 4 is 21.7 Å². The molecule has 3 fully saturated rings. The minimum atomic E-state index is -3.03. The predicted octanol–water partition coefficient (Wildman–Crippen LogP) is -0.341. The molecule has 0 aromatic carbocycles. The highest BCUT2D eigenvalue weighted by molar-refractivity contribution is 7.91. The van der Waals surface area contributed by atoms with Gasteiger partial charge in [-0.05, 0) is 19.3 Å². The van der Waals surface area contributed by atoms with Gasteiger partial charge in [-0.3, -0.25) is 9.59 Å². The second-order valence-corrected chi connectivity index (χ2v) is 8.99. The van der Waals surface area contributed by atoms with E-state index in [0.717, 1.165) is 12.8 Å². The van der Waals surface area contributed by atoms with Crippen LogP contribution in [-0.2, 0) is 24.2 Å². The molecule has 1 saturated carbocycles. The predicted molar refractivity (Wildman–Crippen MR) is 83.5 cm³/mol. The van der Waals surface area contributed by atoms with Crippen LogP contribution < -0.4 is 0 Å². The van der Waals surface area contributed by atoms with Gasteiger partial charge in [0.1, 0.15) is 0 Å². The second-order valence-electron chi connectivity index (χ2n) is 6.76. The Hall–Kier alpha value is -1.15. The zero-order valence-electron chi connectivity index (χ0n) is 13.4. The normalized spacial score (nSPS) is 30.0. The van der Waals surface area contributed by atoms with Crippen LogP contribution >= 0.6 is 0 Å². The number of sulfone groups is 1. The number of amides is 2. The molecule has 2 heterocycles. The fourth-order valence-electron chi connectivity index (χ4n) is 3.55. The van der Waals surface area contributed by atoms with Gasteiger partial charge in [0.05, 0.1) is 24.0 Å². The van der Waals surface area contributed by atoms with Crippen LogP contribution in [0.2, 0.25) is 0 Å². The molecule has 7 nitrogen and oxygen atoms in total. The number of carbonyl (C=O) groups excluding carboxylic acids is 2. The number of hydrogen-bond acceptors (Lipinski definition) is 5. The lowest BCUT2D eigenvalue weighted by atomic mass is 10.1. The summed E-state index contributed by atoms with van der Waals surface area (Å²) in [5, 5.41) is 0. The minimum absolute atomic E-state index is 0.0151. The van der Waals surface area contributed by atoms with Gasteiger partial charge >= 0.3 is 0 Å². The highest BCUT2D eigenvalue weighted by atomic mass is 32.2. The van der Waals surface area contributed by atoms with Gasteiger partial charge in [-0.2, -0.15) is 0 Å². The van der Waals surface area contributed by atoms with Crippen LogP contribution in [-0.4, -0.2) is 80.4 Å². The number of likely N-dealkylation sites (tertiary alicyclic amines) is 1. The maximum atomic E-state index is 12.7. The van der Waals surface area contributed by atoms with Gasteiger partial charge in [0.25, 0.3) is 0 Å². The maximum Gasteiger partial charge on any atom is 0.228 e. The fraction of sp³-hybridized carbons (Fsp3) is 0.867. The van der Waals surface area contributed by atoms with Crippen LogP contribution in [0.4, 0.5) is 0 Å². The molecule has 2 atom stereocenters. The number of methoxy groups -OCH3 is 1. The van der Waals surface area contributed by atoms with Crippen molar-refractivity contribution in [1.29, 1.82) is 0 Å². The quantitative estimate of drug-likeness (QED) is 0.658. The summed E-state index contributed by atoms with van der Waals surface area (Å²) in [5.74, 6) is -0.241. The number of carbonyl (C=O) groups is 2. The molecular weight excluding hydrogens is 320 g/mol. The van der Waals surface area contributed by atoms with Crippen LogP contribution in [0.1, 0.15) is 25.7 Å². The molecule has 3 rings (SSSR count). The van der Waals surface area contributed by atoms with Crippen molar-refractivity contribution < 1.29 is 22.7 Å². The summed E-state index contributed by atoms with van der Waals surface area (Å²) >= 11 is 0. The van der Waals surface area contributed by atoms with Crippen LogP contribution in [0.3, 0.4) is 0 Å². The number of rotatable bonds is 6. The lowest BCUT2D eigenvalue weighted by molar-refractivity contribution is -0.137. The Balaban J connectivity index is 1.63. The van der Waals surface area contributed by atoms with Crippen molar-refractivity contribution in [3.63, 3.8) is 0 Å². The van der Waals surface area contributed by atoms with Gasteiger partial charge in [0, 0.05) is 38.7 Å². The van der Waals surface area contributed by atoms with Crippen molar-refractivity contribution in [2.24, 2.45) is 5.92 Å². The monoisotopic (exact) mass is 344 g/mol. The van der Waals surface area contributed by atoms with Crippen molar-refractivity contribution in [3.8, 4) is 0 Å². The van der Waals surface area contributed by atoms with Gasteiger partial charge in [-0.1, -0.05) is 0 Å². The van der Waals surface area contributed by atoms with Crippen LogP contribution in [0.25, 0.3) is 0 Å². The van der Waals surface area contributed by atoms with Crippen LogP contribution in [0, 0.1) is 5.92 Å². The third-order valence-corrected chi connectivity index (χ3v) is 6.71. The number of hydrogen-bond donors (Lipinski definition) is 0. The summed E-state index contributed by atoms with van der Waals surface area (Å²) < 4.78 is 28.3.